The molecule has 0 fully saturated rings. The Bertz CT molecular complexity index is 816. The lowest BCUT2D eigenvalue weighted by atomic mass is 10.1. The van der Waals surface area contributed by atoms with Gasteiger partial charge in [0.2, 0.25) is 0 Å². The average molecular weight is 377 g/mol. The van der Waals surface area contributed by atoms with E-state index < -0.39 is 23.7 Å². The molecule has 6 nitrogen and oxygen atoms in total. The Morgan fingerprint density at radius 2 is 2.00 bits per heavy atom. The Hall–Kier alpha value is -2.36. The Labute approximate surface area is 144 Å². The van der Waals surface area contributed by atoms with Crippen LogP contribution in [0.25, 0.3) is 10.1 Å². The van der Waals surface area contributed by atoms with Gasteiger partial charge in [0.15, 0.2) is 17.2 Å². The fraction of sp³-hybridized carbons (Fsp3) is 0.400. The van der Waals surface area contributed by atoms with Gasteiger partial charge in [0.05, 0.1) is 11.5 Å². The summed E-state index contributed by atoms with van der Waals surface area (Å²) in [7, 11) is 0. The number of thiophene rings is 1. The van der Waals surface area contributed by atoms with Crippen molar-refractivity contribution in [3.05, 3.63) is 32.7 Å². The van der Waals surface area contributed by atoms with Gasteiger partial charge in [-0.15, -0.1) is 11.3 Å². The Kier molecular flexibility index (Phi) is 5.51. The maximum atomic E-state index is 12.5. The minimum absolute atomic E-state index is 0.0339. The molecule has 0 saturated carbocycles. The second-order valence-electron chi connectivity index (χ2n) is 4.97. The van der Waals surface area contributed by atoms with Crippen molar-refractivity contribution < 1.29 is 32.4 Å². The van der Waals surface area contributed by atoms with Crippen molar-refractivity contribution in [1.82, 2.24) is 0 Å². The maximum Gasteiger partial charge on any atom is 0.422 e. The van der Waals surface area contributed by atoms with E-state index in [2.05, 4.69) is 0 Å². The molecule has 0 unspecified atom stereocenters. The topological polar surface area (TPSA) is 78.7 Å². The number of alkyl halides is 3. The molecule has 1 aromatic heterocycles. The van der Waals surface area contributed by atoms with Crippen LogP contribution in [0, 0.1) is 10.1 Å². The highest BCUT2D eigenvalue weighted by Gasteiger charge is 2.31. The summed E-state index contributed by atoms with van der Waals surface area (Å²) >= 11 is 0.883. The van der Waals surface area contributed by atoms with Crippen LogP contribution in [-0.4, -0.2) is 30.3 Å². The maximum absolute atomic E-state index is 12.5. The number of carbonyl (C=O) groups excluding carboxylic acids is 1. The van der Waals surface area contributed by atoms with Crippen LogP contribution in [0.3, 0.4) is 0 Å². The van der Waals surface area contributed by atoms with Crippen molar-refractivity contribution in [1.29, 1.82) is 0 Å². The van der Waals surface area contributed by atoms with Crippen LogP contribution in [0.2, 0.25) is 0 Å². The molecule has 1 aromatic carbocycles. The van der Waals surface area contributed by atoms with E-state index in [4.69, 9.17) is 9.47 Å². The number of hydrogen-bond acceptors (Lipinski definition) is 6. The summed E-state index contributed by atoms with van der Waals surface area (Å²) in [5.41, 5.74) is 0.177. The molecule has 0 bridgehead atoms. The summed E-state index contributed by atoms with van der Waals surface area (Å²) in [6.07, 6.45) is -4.26. The first-order chi connectivity index (χ1) is 11.7. The van der Waals surface area contributed by atoms with E-state index in [9.17, 15) is 28.1 Å². The van der Waals surface area contributed by atoms with Crippen LogP contribution in [0.15, 0.2) is 12.1 Å². The summed E-state index contributed by atoms with van der Waals surface area (Å²) in [6, 6.07) is 2.63. The minimum atomic E-state index is -4.62. The van der Waals surface area contributed by atoms with Gasteiger partial charge < -0.3 is 9.47 Å². The zero-order valence-corrected chi connectivity index (χ0v) is 14.1. The Morgan fingerprint density at radius 1 is 1.32 bits per heavy atom. The fourth-order valence-electron chi connectivity index (χ4n) is 2.23. The molecule has 1 heterocycles. The first-order valence-corrected chi connectivity index (χ1v) is 8.10. The molecule has 25 heavy (non-hydrogen) atoms. The van der Waals surface area contributed by atoms with Crippen LogP contribution in [0.5, 0.6) is 5.75 Å². The third kappa shape index (κ3) is 4.19. The summed E-state index contributed by atoms with van der Waals surface area (Å²) < 4.78 is 47.6. The monoisotopic (exact) mass is 377 g/mol. The van der Waals surface area contributed by atoms with Crippen LogP contribution in [0.4, 0.5) is 18.9 Å². The predicted molar refractivity (Wildman–Crippen MR) is 85.4 cm³/mol. The zero-order chi connectivity index (χ0) is 18.8. The number of rotatable bonds is 6. The summed E-state index contributed by atoms with van der Waals surface area (Å²) in [5, 5.41) is 11.3. The predicted octanol–water partition coefficient (Wildman–Crippen LogP) is 4.49. The largest absolute Gasteiger partial charge is 0.482 e. The Morgan fingerprint density at radius 3 is 2.52 bits per heavy atom. The highest BCUT2D eigenvalue weighted by atomic mass is 32.1. The van der Waals surface area contributed by atoms with Crippen LogP contribution in [0.1, 0.15) is 29.1 Å². The van der Waals surface area contributed by atoms with Gasteiger partial charge in [0.25, 0.3) is 5.69 Å². The zero-order valence-electron chi connectivity index (χ0n) is 13.3. The molecule has 0 atom stereocenters. The molecule has 0 saturated heterocycles. The minimum Gasteiger partial charge on any atom is -0.482 e. The lowest BCUT2D eigenvalue weighted by Crippen LogP contribution is -2.20. The van der Waals surface area contributed by atoms with Crippen molar-refractivity contribution in [2.45, 2.75) is 26.4 Å². The molecule has 2 rings (SSSR count). The molecule has 0 radical (unpaired) electrons. The molecule has 2 aromatic rings. The van der Waals surface area contributed by atoms with Crippen LogP contribution < -0.4 is 4.74 Å². The summed E-state index contributed by atoms with van der Waals surface area (Å²) in [6.45, 7) is 1.69. The molecular formula is C15H14F3NO5S. The molecule has 0 aliphatic heterocycles. The fourth-order valence-corrected chi connectivity index (χ4v) is 3.32. The van der Waals surface area contributed by atoms with Gasteiger partial charge in [-0.25, -0.2) is 4.79 Å². The van der Waals surface area contributed by atoms with Gasteiger partial charge in [-0.2, -0.15) is 13.2 Å². The van der Waals surface area contributed by atoms with Crippen molar-refractivity contribution in [2.75, 3.05) is 13.2 Å². The Balaban J connectivity index is 2.65. The van der Waals surface area contributed by atoms with Crippen molar-refractivity contribution >= 4 is 33.1 Å². The third-order valence-corrected chi connectivity index (χ3v) is 4.38. The van der Waals surface area contributed by atoms with E-state index >= 15 is 0 Å². The second-order valence-corrected chi connectivity index (χ2v) is 6.02. The molecule has 0 aliphatic carbocycles. The van der Waals surface area contributed by atoms with Gasteiger partial charge in [0, 0.05) is 21.7 Å². The molecule has 0 amide bonds. The van der Waals surface area contributed by atoms with E-state index in [1.807, 2.05) is 0 Å². The third-order valence-electron chi connectivity index (χ3n) is 3.26. The first-order valence-electron chi connectivity index (χ1n) is 7.28. The lowest BCUT2D eigenvalue weighted by Gasteiger charge is -2.10. The molecule has 0 spiro atoms. The molecule has 136 valence electrons. The van der Waals surface area contributed by atoms with E-state index in [1.165, 1.54) is 6.07 Å². The second kappa shape index (κ2) is 7.26. The van der Waals surface area contributed by atoms with Crippen molar-refractivity contribution in [3.8, 4) is 5.75 Å². The van der Waals surface area contributed by atoms with Gasteiger partial charge >= 0.3 is 12.1 Å². The van der Waals surface area contributed by atoms with Crippen LogP contribution >= 0.6 is 11.3 Å². The SMILES string of the molecule is CCOC(=O)c1sc2cc(CC)c([N+](=O)[O-])cc2c1OCC(F)(F)F. The molecule has 0 aliphatic rings. The number of nitro groups is 1. The van der Waals surface area contributed by atoms with Crippen molar-refractivity contribution in [2.24, 2.45) is 0 Å². The standard InChI is InChI=1S/C15H14F3NO5S/c1-3-8-5-11-9(6-10(8)19(21)22)12(24-7-15(16,17)18)13(25-11)14(20)23-4-2/h5-6H,3-4,7H2,1-2H3. The lowest BCUT2D eigenvalue weighted by molar-refractivity contribution is -0.385. The van der Waals surface area contributed by atoms with E-state index in [0.717, 1.165) is 17.4 Å². The van der Waals surface area contributed by atoms with Gasteiger partial charge in [-0.05, 0) is 19.4 Å². The quantitative estimate of drug-likeness (QED) is 0.421. The van der Waals surface area contributed by atoms with E-state index in [0.29, 0.717) is 16.7 Å². The molecule has 10 heteroatoms. The number of esters is 1. The van der Waals surface area contributed by atoms with Gasteiger partial charge in [-0.3, -0.25) is 10.1 Å². The van der Waals surface area contributed by atoms with E-state index in [-0.39, 0.29) is 28.3 Å². The van der Waals surface area contributed by atoms with Crippen molar-refractivity contribution in [3.63, 3.8) is 0 Å². The normalized spacial score (nSPS) is 11.6. The van der Waals surface area contributed by atoms with Gasteiger partial charge in [-0.1, -0.05) is 6.92 Å². The number of nitrogens with zero attached hydrogens (tertiary/aromatic N) is 1. The van der Waals surface area contributed by atoms with E-state index in [1.54, 1.807) is 13.8 Å². The number of benzene rings is 1. The highest BCUT2D eigenvalue weighted by molar-refractivity contribution is 7.21. The smallest absolute Gasteiger partial charge is 0.422 e. The highest BCUT2D eigenvalue weighted by Crippen LogP contribution is 2.42. The average Bonchev–Trinajstić information content (AvgIpc) is 2.88. The number of fused-ring (bicyclic) bond motifs is 1. The molecular weight excluding hydrogens is 363 g/mol. The number of hydrogen-bond donors (Lipinski definition) is 0. The first kappa shape index (κ1) is 19.0. The number of aryl methyl sites for hydroxylation is 1. The number of carbonyl (C=O) groups is 1. The van der Waals surface area contributed by atoms with Crippen LogP contribution in [-0.2, 0) is 11.2 Å². The number of ether oxygens (including phenoxy) is 2. The molecule has 0 N–H and O–H groups in total. The van der Waals surface area contributed by atoms with Gasteiger partial charge in [0.1, 0.15) is 0 Å². The number of halogens is 3. The summed E-state index contributed by atoms with van der Waals surface area (Å²) in [4.78, 5) is 22.5. The summed E-state index contributed by atoms with van der Waals surface area (Å²) in [5.74, 6) is -1.18. The number of nitro benzene ring substituents is 1.